The molecule has 0 unspecified atom stereocenters. The van der Waals surface area contributed by atoms with Crippen molar-refractivity contribution in [3.8, 4) is 11.5 Å². The molecule has 2 amide bonds. The molecule has 2 aromatic rings. The summed E-state index contributed by atoms with van der Waals surface area (Å²) in [6.45, 7) is -0.575. The summed E-state index contributed by atoms with van der Waals surface area (Å²) in [5.41, 5.74) is 4.85. The van der Waals surface area contributed by atoms with Crippen LogP contribution in [0.25, 0.3) is 0 Å². The summed E-state index contributed by atoms with van der Waals surface area (Å²) in [7, 11) is 2.91. The molecule has 8 nitrogen and oxygen atoms in total. The van der Waals surface area contributed by atoms with Crippen molar-refractivity contribution in [3.05, 3.63) is 58.6 Å². The molecule has 0 aromatic heterocycles. The van der Waals surface area contributed by atoms with Gasteiger partial charge in [0.2, 0.25) is 0 Å². The van der Waals surface area contributed by atoms with Crippen LogP contribution in [0, 0.1) is 0 Å². The van der Waals surface area contributed by atoms with Gasteiger partial charge in [-0.2, -0.15) is 0 Å². The minimum atomic E-state index is -0.727. The van der Waals surface area contributed by atoms with E-state index in [1.54, 1.807) is 18.2 Å². The standard InChI is InChI=1S/C18H17ClN2O6/c1-25-14-8-5-12(9-15(14)26-2)18(24)27-10-16(22)20-21-17(23)11-3-6-13(19)7-4-11/h3-9H,10H2,1-2H3,(H,20,22)(H,21,23). The molecule has 0 aliphatic carbocycles. The monoisotopic (exact) mass is 392 g/mol. The molecule has 2 aromatic carbocycles. The molecule has 2 rings (SSSR count). The molecule has 0 radical (unpaired) electrons. The lowest BCUT2D eigenvalue weighted by Gasteiger charge is -2.10. The van der Waals surface area contributed by atoms with Crippen LogP contribution < -0.4 is 20.3 Å². The SMILES string of the molecule is COc1ccc(C(=O)OCC(=O)NNC(=O)c2ccc(Cl)cc2)cc1OC. The number of carbonyl (C=O) groups excluding carboxylic acids is 3. The number of hydrazine groups is 1. The van der Waals surface area contributed by atoms with Crippen LogP contribution in [0.4, 0.5) is 0 Å². The second-order valence-corrected chi connectivity index (χ2v) is 5.59. The van der Waals surface area contributed by atoms with E-state index in [0.29, 0.717) is 22.1 Å². The van der Waals surface area contributed by atoms with Gasteiger partial charge in [-0.15, -0.1) is 0 Å². The second kappa shape index (κ2) is 9.44. The van der Waals surface area contributed by atoms with Crippen molar-refractivity contribution in [1.29, 1.82) is 0 Å². The number of rotatable bonds is 6. The number of amides is 2. The zero-order valence-corrected chi connectivity index (χ0v) is 15.3. The van der Waals surface area contributed by atoms with Crippen LogP contribution in [0.5, 0.6) is 11.5 Å². The fourth-order valence-corrected chi connectivity index (χ4v) is 2.14. The van der Waals surface area contributed by atoms with E-state index in [9.17, 15) is 14.4 Å². The summed E-state index contributed by atoms with van der Waals surface area (Å²) >= 11 is 5.74. The highest BCUT2D eigenvalue weighted by Crippen LogP contribution is 2.27. The number of carbonyl (C=O) groups is 3. The Morgan fingerprint density at radius 3 is 2.15 bits per heavy atom. The second-order valence-electron chi connectivity index (χ2n) is 5.16. The topological polar surface area (TPSA) is 103 Å². The average Bonchev–Trinajstić information content (AvgIpc) is 2.70. The molecule has 0 bridgehead atoms. The quantitative estimate of drug-likeness (QED) is 0.575. The zero-order chi connectivity index (χ0) is 19.8. The molecule has 2 N–H and O–H groups in total. The number of methoxy groups -OCH3 is 2. The first-order valence-corrected chi connectivity index (χ1v) is 8.06. The third-order valence-corrected chi connectivity index (χ3v) is 3.63. The fraction of sp³-hybridized carbons (Fsp3) is 0.167. The molecule has 0 heterocycles. The summed E-state index contributed by atoms with van der Waals surface area (Å²) in [6.07, 6.45) is 0. The van der Waals surface area contributed by atoms with E-state index >= 15 is 0 Å². The van der Waals surface area contributed by atoms with E-state index in [-0.39, 0.29) is 5.56 Å². The lowest BCUT2D eigenvalue weighted by atomic mass is 10.2. The summed E-state index contributed by atoms with van der Waals surface area (Å²) < 4.78 is 15.1. The van der Waals surface area contributed by atoms with Crippen LogP contribution in [0.1, 0.15) is 20.7 Å². The number of hydrogen-bond donors (Lipinski definition) is 2. The molecule has 0 spiro atoms. The van der Waals surface area contributed by atoms with Crippen molar-refractivity contribution in [2.75, 3.05) is 20.8 Å². The predicted octanol–water partition coefficient (Wildman–Crippen LogP) is 1.98. The van der Waals surface area contributed by atoms with Crippen LogP contribution in [0.15, 0.2) is 42.5 Å². The Labute approximate surface area is 160 Å². The van der Waals surface area contributed by atoms with E-state index in [4.69, 9.17) is 25.8 Å². The Hall–Kier alpha value is -3.26. The maximum absolute atomic E-state index is 12.0. The van der Waals surface area contributed by atoms with Crippen molar-refractivity contribution in [1.82, 2.24) is 10.9 Å². The van der Waals surface area contributed by atoms with Crippen LogP contribution in [0.2, 0.25) is 5.02 Å². The van der Waals surface area contributed by atoms with Gasteiger partial charge >= 0.3 is 5.97 Å². The maximum atomic E-state index is 12.0. The number of halogens is 1. The van der Waals surface area contributed by atoms with Gasteiger partial charge in [-0.1, -0.05) is 11.6 Å². The number of ether oxygens (including phenoxy) is 3. The van der Waals surface area contributed by atoms with Crippen molar-refractivity contribution >= 4 is 29.4 Å². The lowest BCUT2D eigenvalue weighted by Crippen LogP contribution is -2.43. The normalized spacial score (nSPS) is 9.89. The highest BCUT2D eigenvalue weighted by atomic mass is 35.5. The lowest BCUT2D eigenvalue weighted by molar-refractivity contribution is -0.125. The summed E-state index contributed by atoms with van der Waals surface area (Å²) in [4.78, 5) is 35.6. The molecule has 9 heteroatoms. The largest absolute Gasteiger partial charge is 0.493 e. The van der Waals surface area contributed by atoms with Gasteiger partial charge in [0.15, 0.2) is 18.1 Å². The first-order chi connectivity index (χ1) is 12.9. The highest BCUT2D eigenvalue weighted by Gasteiger charge is 2.14. The van der Waals surface area contributed by atoms with E-state index < -0.39 is 24.4 Å². The van der Waals surface area contributed by atoms with Gasteiger partial charge in [0.05, 0.1) is 19.8 Å². The van der Waals surface area contributed by atoms with Gasteiger partial charge in [-0.05, 0) is 42.5 Å². The fourth-order valence-electron chi connectivity index (χ4n) is 2.01. The van der Waals surface area contributed by atoms with E-state index in [0.717, 1.165) is 0 Å². The Bertz CT molecular complexity index is 838. The van der Waals surface area contributed by atoms with E-state index in [2.05, 4.69) is 10.9 Å². The van der Waals surface area contributed by atoms with Crippen molar-refractivity contribution in [2.24, 2.45) is 0 Å². The Morgan fingerprint density at radius 2 is 1.52 bits per heavy atom. The first-order valence-electron chi connectivity index (χ1n) is 7.68. The highest BCUT2D eigenvalue weighted by molar-refractivity contribution is 6.30. The third kappa shape index (κ3) is 5.61. The summed E-state index contributed by atoms with van der Waals surface area (Å²) in [6, 6.07) is 10.5. The zero-order valence-electron chi connectivity index (χ0n) is 14.6. The van der Waals surface area contributed by atoms with Crippen LogP contribution in [0.3, 0.4) is 0 Å². The number of nitrogens with one attached hydrogen (secondary N) is 2. The van der Waals surface area contributed by atoms with Crippen LogP contribution in [-0.4, -0.2) is 38.6 Å². The minimum absolute atomic E-state index is 0.186. The minimum Gasteiger partial charge on any atom is -0.493 e. The van der Waals surface area contributed by atoms with Crippen molar-refractivity contribution < 1.29 is 28.6 Å². The van der Waals surface area contributed by atoms with Gasteiger partial charge in [0.25, 0.3) is 11.8 Å². The number of benzene rings is 2. The van der Waals surface area contributed by atoms with Gasteiger partial charge in [0, 0.05) is 10.6 Å². The predicted molar refractivity (Wildman–Crippen MR) is 96.9 cm³/mol. The molecule has 0 saturated heterocycles. The molecular weight excluding hydrogens is 376 g/mol. The molecular formula is C18H17ClN2O6. The van der Waals surface area contributed by atoms with Crippen LogP contribution in [-0.2, 0) is 9.53 Å². The van der Waals surface area contributed by atoms with Crippen molar-refractivity contribution in [2.45, 2.75) is 0 Å². The van der Waals surface area contributed by atoms with Gasteiger partial charge < -0.3 is 14.2 Å². The average molecular weight is 393 g/mol. The van der Waals surface area contributed by atoms with Crippen molar-refractivity contribution in [3.63, 3.8) is 0 Å². The van der Waals surface area contributed by atoms with Crippen LogP contribution >= 0.6 is 11.6 Å². The third-order valence-electron chi connectivity index (χ3n) is 3.38. The Kier molecular flexibility index (Phi) is 7.01. The summed E-state index contributed by atoms with van der Waals surface area (Å²) in [5, 5.41) is 0.484. The van der Waals surface area contributed by atoms with E-state index in [1.165, 1.54) is 38.5 Å². The van der Waals surface area contributed by atoms with Gasteiger partial charge in [-0.3, -0.25) is 20.4 Å². The van der Waals surface area contributed by atoms with Gasteiger partial charge in [-0.25, -0.2) is 4.79 Å². The summed E-state index contributed by atoms with van der Waals surface area (Å²) in [5.74, 6) is -1.16. The molecule has 0 fully saturated rings. The molecule has 0 aliphatic rings. The van der Waals surface area contributed by atoms with E-state index in [1.807, 2.05) is 0 Å². The Morgan fingerprint density at radius 1 is 0.889 bits per heavy atom. The maximum Gasteiger partial charge on any atom is 0.338 e. The Balaban J connectivity index is 1.83. The first kappa shape index (κ1) is 20.1. The smallest absolute Gasteiger partial charge is 0.338 e. The molecule has 27 heavy (non-hydrogen) atoms. The molecule has 0 atom stereocenters. The molecule has 0 saturated carbocycles. The molecule has 0 aliphatic heterocycles. The number of esters is 1. The number of hydrogen-bond acceptors (Lipinski definition) is 6. The van der Waals surface area contributed by atoms with Gasteiger partial charge in [0.1, 0.15) is 0 Å². The molecule has 142 valence electrons.